The molecule has 5 nitrogen and oxygen atoms in total. The van der Waals surface area contributed by atoms with Gasteiger partial charge in [0.2, 0.25) is 0 Å². The minimum absolute atomic E-state index is 0.0866. The lowest BCUT2D eigenvalue weighted by atomic mass is 10.2. The summed E-state index contributed by atoms with van der Waals surface area (Å²) < 4.78 is 7.20. The number of carbonyl (C=O) groups excluding carboxylic acids is 2. The Morgan fingerprint density at radius 2 is 1.68 bits per heavy atom. The highest BCUT2D eigenvalue weighted by Crippen LogP contribution is 2.17. The van der Waals surface area contributed by atoms with E-state index in [0.29, 0.717) is 5.56 Å². The highest BCUT2D eigenvalue weighted by molar-refractivity contribution is 5.91. The predicted molar refractivity (Wildman–Crippen MR) is 98.0 cm³/mol. The Kier molecular flexibility index (Phi) is 6.39. The number of hydrogen-bond donors (Lipinski definition) is 1. The quantitative estimate of drug-likeness (QED) is 0.783. The van der Waals surface area contributed by atoms with Crippen molar-refractivity contribution in [1.82, 2.24) is 9.88 Å². The average Bonchev–Trinajstić information content (AvgIpc) is 2.91. The summed E-state index contributed by atoms with van der Waals surface area (Å²) in [6, 6.07) is 11.4. The van der Waals surface area contributed by atoms with Gasteiger partial charge < -0.3 is 14.6 Å². The Morgan fingerprint density at radius 3 is 2.24 bits per heavy atom. The van der Waals surface area contributed by atoms with Gasteiger partial charge >= 0.3 is 5.97 Å². The van der Waals surface area contributed by atoms with E-state index in [-0.39, 0.29) is 18.6 Å². The number of nitrogens with zero attached hydrogens (tertiary/aromatic N) is 1. The molecule has 2 aromatic rings. The van der Waals surface area contributed by atoms with Crippen LogP contribution in [0.25, 0.3) is 5.69 Å². The number of rotatable bonds is 7. The second-order valence-electron chi connectivity index (χ2n) is 6.33. The number of hydrogen-bond acceptors (Lipinski definition) is 3. The smallest absolute Gasteiger partial charge is 0.338 e. The minimum Gasteiger partial charge on any atom is -0.452 e. The van der Waals surface area contributed by atoms with Gasteiger partial charge in [-0.1, -0.05) is 13.3 Å². The normalized spacial score (nSPS) is 11.8. The fourth-order valence-corrected chi connectivity index (χ4v) is 2.86. The van der Waals surface area contributed by atoms with Gasteiger partial charge in [0, 0.05) is 23.1 Å². The molecule has 0 aliphatic heterocycles. The van der Waals surface area contributed by atoms with Crippen molar-refractivity contribution in [3.05, 3.63) is 53.3 Å². The molecule has 1 heterocycles. The van der Waals surface area contributed by atoms with E-state index in [1.807, 2.05) is 32.9 Å². The molecule has 0 saturated carbocycles. The van der Waals surface area contributed by atoms with Crippen molar-refractivity contribution < 1.29 is 14.3 Å². The molecule has 0 saturated heterocycles. The molecule has 0 aliphatic carbocycles. The maximum Gasteiger partial charge on any atom is 0.338 e. The zero-order valence-electron chi connectivity index (χ0n) is 15.3. The Balaban J connectivity index is 1.94. The van der Waals surface area contributed by atoms with Crippen molar-refractivity contribution in [3.8, 4) is 5.69 Å². The van der Waals surface area contributed by atoms with Crippen molar-refractivity contribution in [2.45, 2.75) is 46.6 Å². The Bertz CT molecular complexity index is 712. The van der Waals surface area contributed by atoms with E-state index in [9.17, 15) is 9.59 Å². The third-order valence-corrected chi connectivity index (χ3v) is 4.10. The lowest BCUT2D eigenvalue weighted by Gasteiger charge is -2.13. The van der Waals surface area contributed by atoms with Crippen molar-refractivity contribution in [2.75, 3.05) is 6.61 Å². The van der Waals surface area contributed by atoms with E-state index in [2.05, 4.69) is 28.9 Å². The third-order valence-electron chi connectivity index (χ3n) is 4.10. The molecule has 1 amide bonds. The fraction of sp³-hybridized carbons (Fsp3) is 0.400. The standard InChI is InChI=1S/C20H26N2O3/c1-5-6-14(2)21-19(23)13-25-20(24)17-9-11-18(12-10-17)22-15(3)7-8-16(22)4/h7-12,14H,5-6,13H2,1-4H3,(H,21,23)/t14-/m1/s1. The van der Waals surface area contributed by atoms with Gasteiger partial charge in [-0.05, 0) is 63.6 Å². The zero-order valence-corrected chi connectivity index (χ0v) is 15.3. The summed E-state index contributed by atoms with van der Waals surface area (Å²) in [5.41, 5.74) is 3.68. The van der Waals surface area contributed by atoms with Gasteiger partial charge in [0.05, 0.1) is 5.56 Å². The molecule has 1 aromatic heterocycles. The number of aryl methyl sites for hydroxylation is 2. The van der Waals surface area contributed by atoms with Gasteiger partial charge in [-0.3, -0.25) is 4.79 Å². The Morgan fingerprint density at radius 1 is 1.08 bits per heavy atom. The van der Waals surface area contributed by atoms with Crippen LogP contribution in [0.15, 0.2) is 36.4 Å². The summed E-state index contributed by atoms with van der Waals surface area (Å²) in [7, 11) is 0. The highest BCUT2D eigenvalue weighted by atomic mass is 16.5. The van der Waals surface area contributed by atoms with Gasteiger partial charge in [0.25, 0.3) is 5.91 Å². The molecule has 1 aromatic carbocycles. The minimum atomic E-state index is -0.495. The average molecular weight is 342 g/mol. The van der Waals surface area contributed by atoms with Crippen LogP contribution in [0, 0.1) is 13.8 Å². The molecule has 0 bridgehead atoms. The molecular weight excluding hydrogens is 316 g/mol. The first-order valence-corrected chi connectivity index (χ1v) is 8.64. The van der Waals surface area contributed by atoms with Gasteiger partial charge in [-0.2, -0.15) is 0 Å². The van der Waals surface area contributed by atoms with E-state index < -0.39 is 5.97 Å². The molecule has 0 radical (unpaired) electrons. The number of aromatic nitrogens is 1. The molecule has 134 valence electrons. The van der Waals surface area contributed by atoms with E-state index >= 15 is 0 Å². The maximum absolute atomic E-state index is 12.1. The van der Waals surface area contributed by atoms with Crippen LogP contribution in [0.2, 0.25) is 0 Å². The van der Waals surface area contributed by atoms with Crippen LogP contribution in [-0.4, -0.2) is 29.1 Å². The fourth-order valence-electron chi connectivity index (χ4n) is 2.86. The van der Waals surface area contributed by atoms with Crippen LogP contribution >= 0.6 is 0 Å². The number of amides is 1. The number of benzene rings is 1. The lowest BCUT2D eigenvalue weighted by molar-refractivity contribution is -0.124. The van der Waals surface area contributed by atoms with Gasteiger partial charge in [0.15, 0.2) is 6.61 Å². The summed E-state index contributed by atoms with van der Waals surface area (Å²) in [6.07, 6.45) is 1.90. The Labute approximate surface area is 149 Å². The van der Waals surface area contributed by atoms with Crippen LogP contribution in [0.5, 0.6) is 0 Å². The second kappa shape index (κ2) is 8.51. The monoisotopic (exact) mass is 342 g/mol. The third kappa shape index (κ3) is 4.95. The molecule has 0 spiro atoms. The van der Waals surface area contributed by atoms with Crippen LogP contribution < -0.4 is 5.32 Å². The van der Waals surface area contributed by atoms with E-state index in [4.69, 9.17) is 4.74 Å². The van der Waals surface area contributed by atoms with Gasteiger partial charge in [-0.15, -0.1) is 0 Å². The number of esters is 1. The van der Waals surface area contributed by atoms with Gasteiger partial charge in [0.1, 0.15) is 0 Å². The van der Waals surface area contributed by atoms with Gasteiger partial charge in [-0.25, -0.2) is 4.79 Å². The SMILES string of the molecule is CCC[C@@H](C)NC(=O)COC(=O)c1ccc(-n2c(C)ccc2C)cc1. The first kappa shape index (κ1) is 18.8. The van der Waals surface area contributed by atoms with E-state index in [1.54, 1.807) is 12.1 Å². The van der Waals surface area contributed by atoms with Crippen LogP contribution in [0.1, 0.15) is 48.4 Å². The largest absolute Gasteiger partial charge is 0.452 e. The summed E-state index contributed by atoms with van der Waals surface area (Å²) in [4.78, 5) is 23.8. The number of ether oxygens (including phenoxy) is 1. The predicted octanol–water partition coefficient (Wildman–Crippen LogP) is 3.56. The lowest BCUT2D eigenvalue weighted by Crippen LogP contribution is -2.35. The molecule has 5 heteroatoms. The van der Waals surface area contributed by atoms with Crippen LogP contribution in [-0.2, 0) is 9.53 Å². The molecule has 0 aliphatic rings. The molecule has 25 heavy (non-hydrogen) atoms. The summed E-state index contributed by atoms with van der Waals surface area (Å²) in [6.45, 7) is 7.81. The van der Waals surface area contributed by atoms with E-state index in [1.165, 1.54) is 0 Å². The first-order valence-electron chi connectivity index (χ1n) is 8.64. The number of nitrogens with one attached hydrogen (secondary N) is 1. The molecule has 1 atom stereocenters. The number of carbonyl (C=O) groups is 2. The molecule has 1 N–H and O–H groups in total. The molecular formula is C20H26N2O3. The summed E-state index contributed by atoms with van der Waals surface area (Å²) in [5, 5.41) is 2.81. The maximum atomic E-state index is 12.1. The van der Waals surface area contributed by atoms with Crippen LogP contribution in [0.3, 0.4) is 0 Å². The van der Waals surface area contributed by atoms with Crippen molar-refractivity contribution in [2.24, 2.45) is 0 Å². The topological polar surface area (TPSA) is 60.3 Å². The summed E-state index contributed by atoms with van der Waals surface area (Å²) >= 11 is 0. The zero-order chi connectivity index (χ0) is 18.4. The van der Waals surface area contributed by atoms with Crippen molar-refractivity contribution in [1.29, 1.82) is 0 Å². The molecule has 0 fully saturated rings. The van der Waals surface area contributed by atoms with Crippen molar-refractivity contribution >= 4 is 11.9 Å². The first-order chi connectivity index (χ1) is 11.9. The van der Waals surface area contributed by atoms with Crippen molar-refractivity contribution in [3.63, 3.8) is 0 Å². The van der Waals surface area contributed by atoms with Crippen LogP contribution in [0.4, 0.5) is 0 Å². The molecule has 0 unspecified atom stereocenters. The summed E-state index contributed by atoms with van der Waals surface area (Å²) in [5.74, 6) is -0.768. The Hall–Kier alpha value is -2.56. The second-order valence-corrected chi connectivity index (χ2v) is 6.33. The molecule has 2 rings (SSSR count). The van der Waals surface area contributed by atoms with E-state index in [0.717, 1.165) is 29.9 Å². The highest BCUT2D eigenvalue weighted by Gasteiger charge is 2.12.